The summed E-state index contributed by atoms with van der Waals surface area (Å²) in [6, 6.07) is 19.0. The van der Waals surface area contributed by atoms with Crippen LogP contribution in [0.15, 0.2) is 66.9 Å². The average molecular weight is 397 g/mol. The molecule has 0 bridgehead atoms. The summed E-state index contributed by atoms with van der Waals surface area (Å²) < 4.78 is 5.66. The van der Waals surface area contributed by atoms with Gasteiger partial charge in [0.25, 0.3) is 0 Å². The van der Waals surface area contributed by atoms with E-state index in [1.807, 2.05) is 60.7 Å². The van der Waals surface area contributed by atoms with Gasteiger partial charge in [-0.2, -0.15) is 5.21 Å². The molecule has 146 valence electrons. The van der Waals surface area contributed by atoms with Crippen molar-refractivity contribution in [2.45, 2.75) is 0 Å². The van der Waals surface area contributed by atoms with Crippen LogP contribution in [0.5, 0.6) is 5.75 Å². The summed E-state index contributed by atoms with van der Waals surface area (Å²) in [4.78, 5) is 5.70. The average Bonchev–Trinajstić information content (AvgIpc) is 3.52. The van der Waals surface area contributed by atoms with Crippen molar-refractivity contribution in [3.63, 3.8) is 0 Å². The Morgan fingerprint density at radius 1 is 0.867 bits per heavy atom. The molecule has 10 nitrogen and oxygen atoms in total. The van der Waals surface area contributed by atoms with Gasteiger partial charge in [-0.15, -0.1) is 25.2 Å². The van der Waals surface area contributed by atoms with E-state index < -0.39 is 0 Å². The van der Waals surface area contributed by atoms with Crippen molar-refractivity contribution in [3.05, 3.63) is 66.9 Å². The number of rotatable bonds is 5. The van der Waals surface area contributed by atoms with Gasteiger partial charge in [-0.3, -0.25) is 4.98 Å². The molecule has 0 fully saturated rings. The molecule has 0 aliphatic rings. The smallest absolute Gasteiger partial charge is 0.223 e. The Balaban J connectivity index is 1.55. The number of hydrogen-bond donors (Lipinski definition) is 1. The first kappa shape index (κ1) is 17.6. The quantitative estimate of drug-likeness (QED) is 0.480. The molecule has 2 aromatic carbocycles. The minimum Gasteiger partial charge on any atom is -0.496 e. The molecule has 5 aromatic rings. The van der Waals surface area contributed by atoms with E-state index in [1.54, 1.807) is 13.3 Å². The van der Waals surface area contributed by atoms with Crippen LogP contribution in [-0.4, -0.2) is 52.9 Å². The Morgan fingerprint density at radius 2 is 1.73 bits per heavy atom. The van der Waals surface area contributed by atoms with Crippen molar-refractivity contribution in [2.24, 2.45) is 0 Å². The summed E-state index contributed by atoms with van der Waals surface area (Å²) in [5.74, 6) is 1.61. The SMILES string of the molecule is COc1cc(-n2nnc(-c3ccccn3)n2)ccc1-c1ccccc1-c1nn[nH]n1. The summed E-state index contributed by atoms with van der Waals surface area (Å²) in [5, 5.41) is 27.0. The van der Waals surface area contributed by atoms with E-state index in [2.05, 4.69) is 41.0 Å². The first-order valence-electron chi connectivity index (χ1n) is 9.06. The van der Waals surface area contributed by atoms with Crippen LogP contribution in [0.4, 0.5) is 0 Å². The van der Waals surface area contributed by atoms with Crippen molar-refractivity contribution in [3.8, 4) is 45.5 Å². The lowest BCUT2D eigenvalue weighted by molar-refractivity contribution is 0.416. The summed E-state index contributed by atoms with van der Waals surface area (Å²) >= 11 is 0. The molecule has 1 N–H and O–H groups in total. The normalized spacial score (nSPS) is 10.8. The summed E-state index contributed by atoms with van der Waals surface area (Å²) in [6.45, 7) is 0. The fourth-order valence-electron chi connectivity index (χ4n) is 3.14. The number of aromatic nitrogens is 9. The van der Waals surface area contributed by atoms with E-state index in [1.165, 1.54) is 4.80 Å². The number of tetrazole rings is 2. The predicted octanol–water partition coefficient (Wildman–Crippen LogP) is 2.58. The second kappa shape index (κ2) is 7.51. The number of hydrogen-bond acceptors (Lipinski definition) is 8. The first-order chi connectivity index (χ1) is 14.8. The van der Waals surface area contributed by atoms with Gasteiger partial charge >= 0.3 is 0 Å². The van der Waals surface area contributed by atoms with Crippen LogP contribution in [-0.2, 0) is 0 Å². The number of nitrogens with zero attached hydrogens (tertiary/aromatic N) is 8. The highest BCUT2D eigenvalue weighted by Gasteiger charge is 2.16. The van der Waals surface area contributed by atoms with E-state index in [4.69, 9.17) is 4.74 Å². The lowest BCUT2D eigenvalue weighted by atomic mass is 9.98. The number of pyridine rings is 1. The molecule has 0 amide bonds. The highest BCUT2D eigenvalue weighted by molar-refractivity contribution is 5.84. The third-order valence-corrected chi connectivity index (χ3v) is 4.53. The fourth-order valence-corrected chi connectivity index (χ4v) is 3.14. The van der Waals surface area contributed by atoms with Crippen molar-refractivity contribution >= 4 is 0 Å². The molecule has 3 heterocycles. The van der Waals surface area contributed by atoms with Crippen LogP contribution in [0.3, 0.4) is 0 Å². The maximum atomic E-state index is 5.66. The Hall–Kier alpha value is -4.47. The number of benzene rings is 2. The van der Waals surface area contributed by atoms with Crippen LogP contribution in [0, 0.1) is 0 Å². The van der Waals surface area contributed by atoms with E-state index in [0.717, 1.165) is 16.7 Å². The Kier molecular flexibility index (Phi) is 4.41. The molecule has 0 aliphatic heterocycles. The van der Waals surface area contributed by atoms with Gasteiger partial charge in [0.05, 0.1) is 12.8 Å². The Labute approximate surface area is 170 Å². The molecular formula is C20H15N9O. The molecule has 0 unspecified atom stereocenters. The van der Waals surface area contributed by atoms with Crippen molar-refractivity contribution in [1.82, 2.24) is 45.8 Å². The van der Waals surface area contributed by atoms with Crippen LogP contribution in [0.1, 0.15) is 0 Å². The predicted molar refractivity (Wildman–Crippen MR) is 108 cm³/mol. The molecule has 0 spiro atoms. The van der Waals surface area contributed by atoms with E-state index in [0.29, 0.717) is 28.8 Å². The molecular weight excluding hydrogens is 382 g/mol. The largest absolute Gasteiger partial charge is 0.496 e. The van der Waals surface area contributed by atoms with E-state index in [-0.39, 0.29) is 0 Å². The molecule has 0 radical (unpaired) electrons. The monoisotopic (exact) mass is 397 g/mol. The number of H-pyrrole nitrogens is 1. The Morgan fingerprint density at radius 3 is 2.50 bits per heavy atom. The third kappa shape index (κ3) is 3.15. The van der Waals surface area contributed by atoms with Gasteiger partial charge in [0, 0.05) is 23.4 Å². The molecule has 0 aliphatic carbocycles. The van der Waals surface area contributed by atoms with Gasteiger partial charge in [-0.1, -0.05) is 30.3 Å². The molecule has 0 atom stereocenters. The summed E-state index contributed by atoms with van der Waals surface area (Å²) in [5.41, 5.74) is 4.01. The van der Waals surface area contributed by atoms with Crippen LogP contribution in [0.25, 0.3) is 39.7 Å². The lowest BCUT2D eigenvalue weighted by Gasteiger charge is -2.12. The highest BCUT2D eigenvalue weighted by atomic mass is 16.5. The van der Waals surface area contributed by atoms with Crippen LogP contribution >= 0.6 is 0 Å². The molecule has 5 rings (SSSR count). The maximum Gasteiger partial charge on any atom is 0.223 e. The minimum absolute atomic E-state index is 0.445. The third-order valence-electron chi connectivity index (χ3n) is 4.53. The zero-order chi connectivity index (χ0) is 20.3. The van der Waals surface area contributed by atoms with Crippen LogP contribution < -0.4 is 4.74 Å². The van der Waals surface area contributed by atoms with Gasteiger partial charge in [-0.05, 0) is 40.3 Å². The summed E-state index contributed by atoms with van der Waals surface area (Å²) in [7, 11) is 1.62. The van der Waals surface area contributed by atoms with Gasteiger partial charge < -0.3 is 4.74 Å². The minimum atomic E-state index is 0.445. The molecule has 0 saturated heterocycles. The molecule has 30 heavy (non-hydrogen) atoms. The zero-order valence-electron chi connectivity index (χ0n) is 15.8. The number of aromatic amines is 1. The van der Waals surface area contributed by atoms with Crippen molar-refractivity contribution < 1.29 is 4.74 Å². The standard InChI is InChI=1S/C20H15N9O/c1-30-18-12-13(29-25-20(24-28-29)17-8-4-5-11-21-17)9-10-15(18)14-6-2-3-7-16(14)19-22-26-27-23-19/h2-12H,1H3,(H,22,23,26,27). The lowest BCUT2D eigenvalue weighted by Crippen LogP contribution is -2.01. The maximum absolute atomic E-state index is 5.66. The van der Waals surface area contributed by atoms with Gasteiger partial charge in [0.15, 0.2) is 0 Å². The highest BCUT2D eigenvalue weighted by Crippen LogP contribution is 2.36. The van der Waals surface area contributed by atoms with Gasteiger partial charge in [0.2, 0.25) is 11.6 Å². The van der Waals surface area contributed by atoms with Crippen molar-refractivity contribution in [1.29, 1.82) is 0 Å². The molecule has 0 saturated carbocycles. The first-order valence-corrected chi connectivity index (χ1v) is 9.06. The topological polar surface area (TPSA) is 120 Å². The summed E-state index contributed by atoms with van der Waals surface area (Å²) in [6.07, 6.45) is 1.69. The Bertz CT molecular complexity index is 1280. The number of nitrogens with one attached hydrogen (secondary N) is 1. The zero-order valence-corrected chi connectivity index (χ0v) is 15.8. The van der Waals surface area contributed by atoms with Gasteiger partial charge in [-0.25, -0.2) is 0 Å². The van der Waals surface area contributed by atoms with Crippen LogP contribution in [0.2, 0.25) is 0 Å². The van der Waals surface area contributed by atoms with Gasteiger partial charge in [0.1, 0.15) is 11.4 Å². The fraction of sp³-hybridized carbons (Fsp3) is 0.0500. The molecule has 3 aromatic heterocycles. The van der Waals surface area contributed by atoms with Crippen molar-refractivity contribution in [2.75, 3.05) is 7.11 Å². The van der Waals surface area contributed by atoms with E-state index in [9.17, 15) is 0 Å². The number of methoxy groups -OCH3 is 1. The van der Waals surface area contributed by atoms with E-state index >= 15 is 0 Å². The molecule has 10 heteroatoms. The second-order valence-corrected chi connectivity index (χ2v) is 6.28. The number of ether oxygens (including phenoxy) is 1. The second-order valence-electron chi connectivity index (χ2n) is 6.28.